The van der Waals surface area contributed by atoms with Gasteiger partial charge in [0.15, 0.2) is 0 Å². The Morgan fingerprint density at radius 3 is 1.79 bits per heavy atom. The Hall–Kier alpha value is -4.91. The summed E-state index contributed by atoms with van der Waals surface area (Å²) in [6, 6.07) is 23.2. The third kappa shape index (κ3) is 6.70. The van der Waals surface area contributed by atoms with E-state index in [4.69, 9.17) is 19.9 Å². The lowest BCUT2D eigenvalue weighted by Crippen LogP contribution is -2.03. The van der Waals surface area contributed by atoms with Crippen molar-refractivity contribution in [3.8, 4) is 39.7 Å². The number of carboxylic acids is 2. The second-order valence-electron chi connectivity index (χ2n) is 8.95. The maximum absolute atomic E-state index is 10.9. The van der Waals surface area contributed by atoms with Crippen LogP contribution in [0.4, 0.5) is 0 Å². The van der Waals surface area contributed by atoms with Crippen LogP contribution in [0.3, 0.4) is 0 Å². The van der Waals surface area contributed by atoms with E-state index in [-0.39, 0.29) is 0 Å². The van der Waals surface area contributed by atoms with Gasteiger partial charge < -0.3 is 19.5 Å². The summed E-state index contributed by atoms with van der Waals surface area (Å²) >= 11 is 0. The molecule has 0 amide bonds. The summed E-state index contributed by atoms with van der Waals surface area (Å²) in [5.74, 6) is -0.395. The van der Waals surface area contributed by atoms with Gasteiger partial charge >= 0.3 is 11.9 Å². The molecule has 0 fully saturated rings. The summed E-state index contributed by atoms with van der Waals surface area (Å²) in [5.41, 5.74) is 6.14. The topological polar surface area (TPSA) is 102 Å². The van der Waals surface area contributed by atoms with Crippen molar-refractivity contribution in [2.45, 2.75) is 26.3 Å². The summed E-state index contributed by atoms with van der Waals surface area (Å²) in [6.45, 7) is 2.91. The zero-order valence-electron chi connectivity index (χ0n) is 21.9. The van der Waals surface area contributed by atoms with Crippen LogP contribution in [0.2, 0.25) is 0 Å². The van der Waals surface area contributed by atoms with Gasteiger partial charge in [0.2, 0.25) is 0 Å². The van der Waals surface area contributed by atoms with Crippen LogP contribution in [0.5, 0.6) is 5.75 Å². The van der Waals surface area contributed by atoms with E-state index in [0.717, 1.165) is 82.3 Å². The zero-order chi connectivity index (χ0) is 27.8. The van der Waals surface area contributed by atoms with Crippen molar-refractivity contribution in [3.63, 3.8) is 0 Å². The van der Waals surface area contributed by atoms with E-state index in [2.05, 4.69) is 11.5 Å². The first kappa shape index (κ1) is 27.1. The Bertz CT molecular complexity index is 1500. The minimum absolute atomic E-state index is 0.764. The third-order valence-corrected chi connectivity index (χ3v) is 6.26. The molecule has 39 heavy (non-hydrogen) atoms. The lowest BCUT2D eigenvalue weighted by molar-refractivity contribution is -0.132. The molecule has 1 aromatic heterocycles. The van der Waals surface area contributed by atoms with Crippen LogP contribution in [0, 0.1) is 0 Å². The van der Waals surface area contributed by atoms with Gasteiger partial charge in [-0.1, -0.05) is 61.9 Å². The van der Waals surface area contributed by atoms with Gasteiger partial charge in [0.1, 0.15) is 11.6 Å². The molecule has 0 aliphatic heterocycles. The Labute approximate surface area is 227 Å². The molecule has 0 radical (unpaired) electrons. The summed E-state index contributed by atoms with van der Waals surface area (Å²) in [5, 5.41) is 17.9. The van der Waals surface area contributed by atoms with Crippen molar-refractivity contribution in [1.29, 1.82) is 0 Å². The van der Waals surface area contributed by atoms with E-state index in [1.54, 1.807) is 19.3 Å². The first-order valence-corrected chi connectivity index (χ1v) is 12.7. The van der Waals surface area contributed by atoms with Crippen LogP contribution in [-0.4, -0.2) is 38.8 Å². The van der Waals surface area contributed by atoms with Gasteiger partial charge in [0.05, 0.1) is 18.5 Å². The fraction of sp³-hybridized carbons (Fsp3) is 0.156. The second-order valence-corrected chi connectivity index (χ2v) is 8.95. The standard InChI is InChI=1S/C32H30N2O5/c1-3-4-21-34-31(25-13-7-23(8-14-25)10-20-29(37)38)30(24-11-5-22(6-12-24)9-19-28(35)36)33-32(34)26-15-17-27(39-2)18-16-26/h5-20H,3-4,21H2,1-2H3,(H,35,36)(H,37,38)/b19-9+,20-10+. The monoisotopic (exact) mass is 522 g/mol. The maximum atomic E-state index is 10.9. The van der Waals surface area contributed by atoms with Crippen molar-refractivity contribution < 1.29 is 24.5 Å². The summed E-state index contributed by atoms with van der Waals surface area (Å²) < 4.78 is 7.58. The van der Waals surface area contributed by atoms with Gasteiger partial charge in [0, 0.05) is 35.4 Å². The number of ether oxygens (including phenoxy) is 1. The molecule has 0 aliphatic rings. The first-order chi connectivity index (χ1) is 18.9. The lowest BCUT2D eigenvalue weighted by Gasteiger charge is -2.14. The smallest absolute Gasteiger partial charge is 0.328 e. The Morgan fingerprint density at radius 1 is 0.795 bits per heavy atom. The number of nitrogens with zero attached hydrogens (tertiary/aromatic N) is 2. The predicted molar refractivity (Wildman–Crippen MR) is 153 cm³/mol. The summed E-state index contributed by atoms with van der Waals surface area (Å²) in [6.07, 6.45) is 7.32. The van der Waals surface area contributed by atoms with E-state index in [1.165, 1.54) is 0 Å². The van der Waals surface area contributed by atoms with Crippen LogP contribution < -0.4 is 4.74 Å². The molecule has 4 aromatic rings. The van der Waals surface area contributed by atoms with Crippen molar-refractivity contribution >= 4 is 24.1 Å². The minimum atomic E-state index is -0.998. The molecule has 0 saturated heterocycles. The van der Waals surface area contributed by atoms with E-state index in [0.29, 0.717) is 0 Å². The molecule has 1 heterocycles. The number of rotatable bonds is 11. The molecule has 0 unspecified atom stereocenters. The Balaban J connectivity index is 1.89. The van der Waals surface area contributed by atoms with Gasteiger partial charge in [-0.2, -0.15) is 0 Å². The van der Waals surface area contributed by atoms with Crippen molar-refractivity contribution in [3.05, 3.63) is 96.1 Å². The van der Waals surface area contributed by atoms with Crippen molar-refractivity contribution in [1.82, 2.24) is 9.55 Å². The van der Waals surface area contributed by atoms with Crippen molar-refractivity contribution in [2.75, 3.05) is 7.11 Å². The van der Waals surface area contributed by atoms with Crippen molar-refractivity contribution in [2.24, 2.45) is 0 Å². The average molecular weight is 523 g/mol. The number of methoxy groups -OCH3 is 1. The number of aliphatic carboxylic acids is 2. The third-order valence-electron chi connectivity index (χ3n) is 6.26. The maximum Gasteiger partial charge on any atom is 0.328 e. The number of benzene rings is 3. The molecule has 2 N–H and O–H groups in total. The van der Waals surface area contributed by atoms with Gasteiger partial charge in [0.25, 0.3) is 0 Å². The minimum Gasteiger partial charge on any atom is -0.497 e. The molecule has 0 aliphatic carbocycles. The largest absolute Gasteiger partial charge is 0.497 e. The normalized spacial score (nSPS) is 11.3. The van der Waals surface area contributed by atoms with Crippen LogP contribution in [-0.2, 0) is 16.1 Å². The van der Waals surface area contributed by atoms with Crippen LogP contribution >= 0.6 is 0 Å². The highest BCUT2D eigenvalue weighted by Crippen LogP contribution is 2.37. The van der Waals surface area contributed by atoms with Gasteiger partial charge in [-0.05, 0) is 54.0 Å². The SMILES string of the molecule is CCCCn1c(-c2ccc(OC)cc2)nc(-c2ccc(/C=C/C(=O)O)cc2)c1-c1ccc(/C=C/C(=O)O)cc1. The number of imidazole rings is 1. The summed E-state index contributed by atoms with van der Waals surface area (Å²) in [4.78, 5) is 27.0. The van der Waals surface area contributed by atoms with Gasteiger partial charge in [-0.25, -0.2) is 14.6 Å². The molecule has 198 valence electrons. The first-order valence-electron chi connectivity index (χ1n) is 12.7. The molecule has 0 spiro atoms. The molecule has 4 rings (SSSR count). The number of unbranched alkanes of at least 4 members (excludes halogenated alkanes) is 1. The zero-order valence-corrected chi connectivity index (χ0v) is 21.9. The molecule has 0 atom stereocenters. The number of aromatic nitrogens is 2. The summed E-state index contributed by atoms with van der Waals surface area (Å²) in [7, 11) is 1.64. The molecule has 0 saturated carbocycles. The Kier molecular flexibility index (Phi) is 8.74. The number of carboxylic acid groups (broad SMARTS) is 2. The predicted octanol–water partition coefficient (Wildman–Crippen LogP) is 6.89. The molecule has 0 bridgehead atoms. The van der Waals surface area contributed by atoms with Gasteiger partial charge in [-0.15, -0.1) is 0 Å². The molecule has 3 aromatic carbocycles. The van der Waals surface area contributed by atoms with Crippen LogP contribution in [0.15, 0.2) is 84.9 Å². The molecular formula is C32H30N2O5. The van der Waals surface area contributed by atoms with Crippen LogP contribution in [0.1, 0.15) is 30.9 Å². The molecule has 7 nitrogen and oxygen atoms in total. The van der Waals surface area contributed by atoms with E-state index >= 15 is 0 Å². The van der Waals surface area contributed by atoms with E-state index in [9.17, 15) is 9.59 Å². The number of carbonyl (C=O) groups is 2. The van der Waals surface area contributed by atoms with E-state index in [1.807, 2.05) is 72.8 Å². The second kappa shape index (κ2) is 12.6. The molecule has 7 heteroatoms. The highest BCUT2D eigenvalue weighted by Gasteiger charge is 2.21. The number of hydrogen-bond acceptors (Lipinski definition) is 4. The average Bonchev–Trinajstić information content (AvgIpc) is 3.33. The molecular weight excluding hydrogens is 492 g/mol. The lowest BCUT2D eigenvalue weighted by atomic mass is 10.0. The van der Waals surface area contributed by atoms with Crippen LogP contribution in [0.25, 0.3) is 46.1 Å². The van der Waals surface area contributed by atoms with Gasteiger partial charge in [-0.3, -0.25) is 0 Å². The fourth-order valence-electron chi connectivity index (χ4n) is 4.28. The fourth-order valence-corrected chi connectivity index (χ4v) is 4.28. The van der Waals surface area contributed by atoms with E-state index < -0.39 is 11.9 Å². The highest BCUT2D eigenvalue weighted by molar-refractivity contribution is 5.87. The number of hydrogen-bond donors (Lipinski definition) is 2. The quantitative estimate of drug-likeness (QED) is 0.208. The Morgan fingerprint density at radius 2 is 1.31 bits per heavy atom. The highest BCUT2D eigenvalue weighted by atomic mass is 16.5.